The molecule has 1 saturated heterocycles. The molecule has 1 rings (SSSR count). The Bertz CT molecular complexity index is 338. The van der Waals surface area contributed by atoms with Crippen molar-refractivity contribution in [2.24, 2.45) is 5.92 Å². The predicted molar refractivity (Wildman–Crippen MR) is 79.8 cm³/mol. The molecule has 5 nitrogen and oxygen atoms in total. The minimum Gasteiger partial charge on any atom is -0.317 e. The van der Waals surface area contributed by atoms with Crippen molar-refractivity contribution < 1.29 is 8.42 Å². The summed E-state index contributed by atoms with van der Waals surface area (Å²) in [4.78, 5) is 2.21. The molecule has 1 fully saturated rings. The molecule has 19 heavy (non-hydrogen) atoms. The zero-order valence-electron chi connectivity index (χ0n) is 12.5. The van der Waals surface area contributed by atoms with E-state index in [1.54, 1.807) is 0 Å². The van der Waals surface area contributed by atoms with Crippen LogP contribution in [0.3, 0.4) is 0 Å². The Kier molecular flexibility index (Phi) is 7.28. The third kappa shape index (κ3) is 6.21. The topological polar surface area (TPSA) is 61.4 Å². The van der Waals surface area contributed by atoms with E-state index in [0.29, 0.717) is 25.6 Å². The van der Waals surface area contributed by atoms with Crippen molar-refractivity contribution in [2.75, 3.05) is 39.3 Å². The lowest BCUT2D eigenvalue weighted by Crippen LogP contribution is -2.58. The minimum absolute atomic E-state index is 0.208. The molecule has 0 amide bonds. The van der Waals surface area contributed by atoms with Crippen LogP contribution in [-0.2, 0) is 10.0 Å². The molecule has 2 N–H and O–H groups in total. The van der Waals surface area contributed by atoms with Gasteiger partial charge in [-0.1, -0.05) is 20.8 Å². The molecular formula is C13H29N3O2S. The maximum absolute atomic E-state index is 12.0. The normalized spacial score (nSPS) is 17.9. The Balaban J connectivity index is 2.12. The second-order valence-corrected chi connectivity index (χ2v) is 7.78. The van der Waals surface area contributed by atoms with Crippen LogP contribution in [0, 0.1) is 5.92 Å². The summed E-state index contributed by atoms with van der Waals surface area (Å²) >= 11 is 0. The van der Waals surface area contributed by atoms with Gasteiger partial charge in [0.15, 0.2) is 0 Å². The summed E-state index contributed by atoms with van der Waals surface area (Å²) in [6.45, 7) is 11.2. The molecular weight excluding hydrogens is 262 g/mol. The number of nitrogens with one attached hydrogen (secondary N) is 2. The van der Waals surface area contributed by atoms with Crippen LogP contribution in [0.1, 0.15) is 33.6 Å². The molecule has 0 aromatic heterocycles. The van der Waals surface area contributed by atoms with Gasteiger partial charge in [0.25, 0.3) is 0 Å². The smallest absolute Gasteiger partial charge is 0.217 e. The summed E-state index contributed by atoms with van der Waals surface area (Å²) in [6.07, 6.45) is 1.91. The van der Waals surface area contributed by atoms with E-state index >= 15 is 0 Å². The van der Waals surface area contributed by atoms with Gasteiger partial charge in [-0.25, -0.2) is 13.1 Å². The van der Waals surface area contributed by atoms with Gasteiger partial charge in [0.2, 0.25) is 10.0 Å². The first-order chi connectivity index (χ1) is 8.95. The average molecular weight is 291 g/mol. The number of hydrogen-bond donors (Lipinski definition) is 2. The number of nitrogens with zero attached hydrogens (tertiary/aromatic N) is 1. The third-order valence-corrected chi connectivity index (χ3v) is 5.10. The van der Waals surface area contributed by atoms with Gasteiger partial charge in [0, 0.05) is 26.2 Å². The second kappa shape index (κ2) is 8.19. The summed E-state index contributed by atoms with van der Waals surface area (Å²) < 4.78 is 26.7. The molecule has 6 heteroatoms. The third-order valence-electron chi connectivity index (χ3n) is 3.32. The Morgan fingerprint density at radius 2 is 1.84 bits per heavy atom. The van der Waals surface area contributed by atoms with Crippen LogP contribution in [0.5, 0.6) is 0 Å². The van der Waals surface area contributed by atoms with Crippen LogP contribution >= 0.6 is 0 Å². The number of unbranched alkanes of at least 4 members (excludes halogenated alkanes) is 1. The van der Waals surface area contributed by atoms with Gasteiger partial charge in [-0.3, -0.25) is 0 Å². The zero-order chi connectivity index (χ0) is 14.3. The number of rotatable bonds is 10. The SMILES string of the molecule is CCNCCCCNS(=O)(=O)C1CN(CC(C)C)C1. The molecule has 1 aliphatic rings. The fraction of sp³-hybridized carbons (Fsp3) is 1.00. The van der Waals surface area contributed by atoms with E-state index in [0.717, 1.165) is 32.5 Å². The average Bonchev–Trinajstić information content (AvgIpc) is 2.27. The molecule has 0 atom stereocenters. The second-order valence-electron chi connectivity index (χ2n) is 5.73. The van der Waals surface area contributed by atoms with Gasteiger partial charge >= 0.3 is 0 Å². The Morgan fingerprint density at radius 1 is 1.21 bits per heavy atom. The highest BCUT2D eigenvalue weighted by atomic mass is 32.2. The van der Waals surface area contributed by atoms with Crippen molar-refractivity contribution in [3.8, 4) is 0 Å². The lowest BCUT2D eigenvalue weighted by atomic mass is 10.1. The van der Waals surface area contributed by atoms with Gasteiger partial charge in [0.1, 0.15) is 5.25 Å². The van der Waals surface area contributed by atoms with Crippen LogP contribution in [0.2, 0.25) is 0 Å². The summed E-state index contributed by atoms with van der Waals surface area (Å²) in [7, 11) is -3.10. The molecule has 0 radical (unpaired) electrons. The molecule has 1 heterocycles. The molecule has 114 valence electrons. The van der Waals surface area contributed by atoms with Gasteiger partial charge in [-0.2, -0.15) is 0 Å². The van der Waals surface area contributed by atoms with E-state index in [4.69, 9.17) is 0 Å². The fourth-order valence-corrected chi connectivity index (χ4v) is 3.75. The molecule has 0 saturated carbocycles. The van der Waals surface area contributed by atoms with Crippen LogP contribution < -0.4 is 10.0 Å². The first kappa shape index (κ1) is 16.9. The van der Waals surface area contributed by atoms with Gasteiger partial charge < -0.3 is 10.2 Å². The number of hydrogen-bond acceptors (Lipinski definition) is 4. The van der Waals surface area contributed by atoms with Crippen molar-refractivity contribution in [3.05, 3.63) is 0 Å². The maximum Gasteiger partial charge on any atom is 0.217 e. The van der Waals surface area contributed by atoms with Crippen molar-refractivity contribution in [1.82, 2.24) is 14.9 Å². The van der Waals surface area contributed by atoms with Gasteiger partial charge in [-0.15, -0.1) is 0 Å². The molecule has 1 aliphatic heterocycles. The lowest BCUT2D eigenvalue weighted by molar-refractivity contribution is 0.164. The Hall–Kier alpha value is -0.170. The van der Waals surface area contributed by atoms with E-state index in [-0.39, 0.29) is 5.25 Å². The van der Waals surface area contributed by atoms with Crippen LogP contribution in [0.4, 0.5) is 0 Å². The first-order valence-corrected chi connectivity index (χ1v) is 8.92. The van der Waals surface area contributed by atoms with E-state index < -0.39 is 10.0 Å². The fourth-order valence-electron chi connectivity index (χ4n) is 2.27. The molecule has 0 aromatic rings. The quantitative estimate of drug-likeness (QED) is 0.580. The Labute approximate surface area is 118 Å². The standard InChI is InChI=1S/C13H29N3O2S/c1-4-14-7-5-6-8-15-19(17,18)13-10-16(11-13)9-12(2)3/h12-15H,4-11H2,1-3H3. The van der Waals surface area contributed by atoms with Crippen molar-refractivity contribution in [1.29, 1.82) is 0 Å². The van der Waals surface area contributed by atoms with E-state index in [1.165, 1.54) is 0 Å². The van der Waals surface area contributed by atoms with E-state index in [2.05, 4.69) is 35.7 Å². The van der Waals surface area contributed by atoms with Gasteiger partial charge in [-0.05, 0) is 31.8 Å². The monoisotopic (exact) mass is 291 g/mol. The highest BCUT2D eigenvalue weighted by Crippen LogP contribution is 2.16. The summed E-state index contributed by atoms with van der Waals surface area (Å²) in [5.74, 6) is 0.600. The highest BCUT2D eigenvalue weighted by molar-refractivity contribution is 7.90. The van der Waals surface area contributed by atoms with Gasteiger partial charge in [0.05, 0.1) is 0 Å². The summed E-state index contributed by atoms with van der Waals surface area (Å²) in [5.41, 5.74) is 0. The summed E-state index contributed by atoms with van der Waals surface area (Å²) in [5, 5.41) is 3.02. The molecule has 0 unspecified atom stereocenters. The Morgan fingerprint density at radius 3 is 2.42 bits per heavy atom. The van der Waals surface area contributed by atoms with Crippen molar-refractivity contribution >= 4 is 10.0 Å². The molecule has 0 aromatic carbocycles. The summed E-state index contributed by atoms with van der Waals surface area (Å²) in [6, 6.07) is 0. The van der Waals surface area contributed by atoms with Crippen molar-refractivity contribution in [2.45, 2.75) is 38.9 Å². The first-order valence-electron chi connectivity index (χ1n) is 7.37. The zero-order valence-corrected chi connectivity index (χ0v) is 13.3. The molecule has 0 spiro atoms. The predicted octanol–water partition coefficient (Wildman–Crippen LogP) is 0.636. The van der Waals surface area contributed by atoms with E-state index in [9.17, 15) is 8.42 Å². The molecule has 0 bridgehead atoms. The van der Waals surface area contributed by atoms with Crippen LogP contribution in [-0.4, -0.2) is 57.8 Å². The van der Waals surface area contributed by atoms with Crippen LogP contribution in [0.25, 0.3) is 0 Å². The largest absolute Gasteiger partial charge is 0.317 e. The minimum atomic E-state index is -3.10. The van der Waals surface area contributed by atoms with Crippen molar-refractivity contribution in [3.63, 3.8) is 0 Å². The maximum atomic E-state index is 12.0. The number of sulfonamides is 1. The highest BCUT2D eigenvalue weighted by Gasteiger charge is 2.36. The lowest BCUT2D eigenvalue weighted by Gasteiger charge is -2.39. The van der Waals surface area contributed by atoms with E-state index in [1.807, 2.05) is 0 Å². The number of likely N-dealkylation sites (tertiary alicyclic amines) is 1. The molecule has 0 aliphatic carbocycles. The van der Waals surface area contributed by atoms with Crippen LogP contribution in [0.15, 0.2) is 0 Å².